The Kier molecular flexibility index (Phi) is 6.77. The van der Waals surface area contributed by atoms with Crippen molar-refractivity contribution in [1.29, 1.82) is 0 Å². The van der Waals surface area contributed by atoms with Crippen molar-refractivity contribution in [2.24, 2.45) is 0 Å². The van der Waals surface area contributed by atoms with E-state index in [-0.39, 0.29) is 22.8 Å². The number of sulfone groups is 1. The molecule has 2 aliphatic heterocycles. The SMILES string of the molecule is CC(C)(C)OC(=O)N1CCCC1CCS(=O)(=O)c1ccc(B2OC(C)(C)C(C)(C)O2)cc1. The van der Waals surface area contributed by atoms with Gasteiger partial charge < -0.3 is 18.9 Å². The van der Waals surface area contributed by atoms with Crippen molar-refractivity contribution in [3.63, 3.8) is 0 Å². The van der Waals surface area contributed by atoms with Gasteiger partial charge in [0.2, 0.25) is 0 Å². The van der Waals surface area contributed by atoms with Gasteiger partial charge in [-0.1, -0.05) is 12.1 Å². The molecule has 1 unspecified atom stereocenters. The van der Waals surface area contributed by atoms with Crippen LogP contribution >= 0.6 is 0 Å². The fourth-order valence-corrected chi connectivity index (χ4v) is 5.29. The van der Waals surface area contributed by atoms with E-state index in [9.17, 15) is 13.2 Å². The minimum Gasteiger partial charge on any atom is -0.444 e. The highest BCUT2D eigenvalue weighted by Gasteiger charge is 2.51. The third-order valence-electron chi connectivity index (χ3n) is 6.49. The first-order valence-corrected chi connectivity index (χ1v) is 12.9. The molecular formula is C23H36BNO6S. The summed E-state index contributed by atoms with van der Waals surface area (Å²) in [5.41, 5.74) is -0.697. The zero-order chi connectivity index (χ0) is 23.9. The Labute approximate surface area is 192 Å². The van der Waals surface area contributed by atoms with Gasteiger partial charge in [0.05, 0.1) is 21.9 Å². The first kappa shape index (κ1) is 25.1. The fraction of sp³-hybridized carbons (Fsp3) is 0.696. The van der Waals surface area contributed by atoms with E-state index in [1.165, 1.54) is 0 Å². The standard InChI is InChI=1S/C23H36BNO6S/c1-21(2,3)29-20(26)25-15-8-9-18(25)14-16-32(27,28)19-12-10-17(11-13-19)24-30-22(4,5)23(6,7)31-24/h10-13,18H,8-9,14-16H2,1-7H3. The van der Waals surface area contributed by atoms with E-state index in [2.05, 4.69) is 0 Å². The van der Waals surface area contributed by atoms with Crippen molar-refractivity contribution in [3.05, 3.63) is 24.3 Å². The molecule has 1 aromatic carbocycles. The molecule has 7 nitrogen and oxygen atoms in total. The van der Waals surface area contributed by atoms with Crippen LogP contribution in [0.2, 0.25) is 0 Å². The van der Waals surface area contributed by atoms with Crippen molar-refractivity contribution >= 4 is 28.5 Å². The van der Waals surface area contributed by atoms with Crippen molar-refractivity contribution < 1.29 is 27.3 Å². The molecule has 0 aromatic heterocycles. The van der Waals surface area contributed by atoms with Crippen LogP contribution in [0.15, 0.2) is 29.2 Å². The first-order chi connectivity index (χ1) is 14.6. The maximum absolute atomic E-state index is 12.9. The summed E-state index contributed by atoms with van der Waals surface area (Å²) < 4.78 is 43.4. The lowest BCUT2D eigenvalue weighted by Gasteiger charge is -2.32. The molecule has 1 aromatic rings. The zero-order valence-electron chi connectivity index (χ0n) is 20.3. The minimum absolute atomic E-state index is 0.0210. The van der Waals surface area contributed by atoms with E-state index in [1.807, 2.05) is 48.5 Å². The smallest absolute Gasteiger partial charge is 0.444 e. The van der Waals surface area contributed by atoms with Gasteiger partial charge in [0.25, 0.3) is 0 Å². The highest BCUT2D eigenvalue weighted by molar-refractivity contribution is 7.91. The van der Waals surface area contributed by atoms with Crippen LogP contribution in [0.1, 0.15) is 67.7 Å². The minimum atomic E-state index is -3.48. The van der Waals surface area contributed by atoms with Crippen molar-refractivity contribution in [2.75, 3.05) is 12.3 Å². The van der Waals surface area contributed by atoms with Gasteiger partial charge in [0.1, 0.15) is 5.60 Å². The molecule has 0 bridgehead atoms. The van der Waals surface area contributed by atoms with E-state index >= 15 is 0 Å². The Balaban J connectivity index is 1.63. The van der Waals surface area contributed by atoms with Gasteiger partial charge in [-0.05, 0) is 85.3 Å². The van der Waals surface area contributed by atoms with E-state index in [0.717, 1.165) is 18.3 Å². The van der Waals surface area contributed by atoms with E-state index in [0.29, 0.717) is 13.0 Å². The monoisotopic (exact) mass is 465 g/mol. The number of carbonyl (C=O) groups is 1. The molecule has 2 saturated heterocycles. The molecule has 2 heterocycles. The lowest BCUT2D eigenvalue weighted by atomic mass is 9.79. The van der Waals surface area contributed by atoms with Gasteiger partial charge >= 0.3 is 13.2 Å². The molecule has 2 aliphatic rings. The average molecular weight is 465 g/mol. The predicted molar refractivity (Wildman–Crippen MR) is 125 cm³/mol. The van der Waals surface area contributed by atoms with Crippen LogP contribution in [0.3, 0.4) is 0 Å². The number of rotatable bonds is 5. The Hall–Kier alpha value is -1.58. The largest absolute Gasteiger partial charge is 0.494 e. The van der Waals surface area contributed by atoms with Gasteiger partial charge in [-0.25, -0.2) is 13.2 Å². The zero-order valence-corrected chi connectivity index (χ0v) is 21.1. The molecule has 1 amide bonds. The second-order valence-corrected chi connectivity index (χ2v) is 12.8. The fourth-order valence-electron chi connectivity index (χ4n) is 3.92. The number of amides is 1. The molecule has 0 aliphatic carbocycles. The summed E-state index contributed by atoms with van der Waals surface area (Å²) in [5.74, 6) is -0.0210. The van der Waals surface area contributed by atoms with Crippen LogP contribution in [0.5, 0.6) is 0 Å². The third-order valence-corrected chi connectivity index (χ3v) is 8.25. The van der Waals surface area contributed by atoms with Crippen LogP contribution in [-0.4, -0.2) is 61.7 Å². The molecule has 178 valence electrons. The molecule has 0 radical (unpaired) electrons. The van der Waals surface area contributed by atoms with E-state index < -0.39 is 33.8 Å². The van der Waals surface area contributed by atoms with Gasteiger partial charge in [0.15, 0.2) is 9.84 Å². The topological polar surface area (TPSA) is 82.1 Å². The highest BCUT2D eigenvalue weighted by Crippen LogP contribution is 2.36. The van der Waals surface area contributed by atoms with Crippen LogP contribution in [0, 0.1) is 0 Å². The second-order valence-electron chi connectivity index (χ2n) is 10.7. The van der Waals surface area contributed by atoms with Crippen LogP contribution in [0.25, 0.3) is 0 Å². The summed E-state index contributed by atoms with van der Waals surface area (Å²) in [4.78, 5) is 14.4. The highest BCUT2D eigenvalue weighted by atomic mass is 32.2. The molecule has 3 rings (SSSR count). The summed E-state index contributed by atoms with van der Waals surface area (Å²) in [6.45, 7) is 14.0. The number of benzene rings is 1. The van der Waals surface area contributed by atoms with Crippen molar-refractivity contribution in [1.82, 2.24) is 4.90 Å². The average Bonchev–Trinajstić information content (AvgIpc) is 3.21. The maximum Gasteiger partial charge on any atom is 0.494 e. The number of hydrogen-bond donors (Lipinski definition) is 0. The normalized spacial score (nSPS) is 22.9. The molecule has 9 heteroatoms. The Bertz CT molecular complexity index is 920. The molecular weight excluding hydrogens is 429 g/mol. The van der Waals surface area contributed by atoms with Gasteiger partial charge in [0, 0.05) is 12.6 Å². The number of hydrogen-bond acceptors (Lipinski definition) is 6. The summed E-state index contributed by atoms with van der Waals surface area (Å²) in [7, 11) is -4.01. The molecule has 2 fully saturated rings. The Morgan fingerprint density at radius 2 is 1.69 bits per heavy atom. The Morgan fingerprint density at radius 1 is 1.12 bits per heavy atom. The lowest BCUT2D eigenvalue weighted by Crippen LogP contribution is -2.41. The van der Waals surface area contributed by atoms with Crippen LogP contribution in [-0.2, 0) is 23.9 Å². The van der Waals surface area contributed by atoms with Crippen molar-refractivity contribution in [3.8, 4) is 0 Å². The maximum atomic E-state index is 12.9. The number of likely N-dealkylation sites (tertiary alicyclic amines) is 1. The van der Waals surface area contributed by atoms with Crippen LogP contribution < -0.4 is 5.46 Å². The van der Waals surface area contributed by atoms with Gasteiger partial charge in [-0.3, -0.25) is 0 Å². The first-order valence-electron chi connectivity index (χ1n) is 11.3. The number of nitrogens with zero attached hydrogens (tertiary/aromatic N) is 1. The summed E-state index contributed by atoms with van der Waals surface area (Å²) in [6.07, 6.45) is 1.66. The third kappa shape index (κ3) is 5.49. The van der Waals surface area contributed by atoms with Crippen molar-refractivity contribution in [2.45, 2.75) is 95.5 Å². The summed E-state index contributed by atoms with van der Waals surface area (Å²) in [5, 5.41) is 0. The number of ether oxygens (including phenoxy) is 1. The molecule has 0 N–H and O–H groups in total. The molecule has 0 spiro atoms. The quantitative estimate of drug-likeness (QED) is 0.619. The molecule has 32 heavy (non-hydrogen) atoms. The molecule has 1 atom stereocenters. The summed E-state index contributed by atoms with van der Waals surface area (Å²) >= 11 is 0. The van der Waals surface area contributed by atoms with E-state index in [1.54, 1.807) is 29.2 Å². The Morgan fingerprint density at radius 3 is 2.22 bits per heavy atom. The van der Waals surface area contributed by atoms with Gasteiger partial charge in [-0.15, -0.1) is 0 Å². The van der Waals surface area contributed by atoms with E-state index in [4.69, 9.17) is 14.0 Å². The van der Waals surface area contributed by atoms with Crippen LogP contribution in [0.4, 0.5) is 4.79 Å². The summed E-state index contributed by atoms with van der Waals surface area (Å²) in [6, 6.07) is 6.59. The second kappa shape index (κ2) is 8.65. The predicted octanol–water partition coefficient (Wildman–Crippen LogP) is 3.55. The lowest BCUT2D eigenvalue weighted by molar-refractivity contribution is 0.00578. The number of carbonyl (C=O) groups excluding carboxylic acids is 1. The molecule has 0 saturated carbocycles. The van der Waals surface area contributed by atoms with Gasteiger partial charge in [-0.2, -0.15) is 0 Å².